The van der Waals surface area contributed by atoms with Crippen LogP contribution in [0.4, 0.5) is 0 Å². The van der Waals surface area contributed by atoms with Crippen molar-refractivity contribution in [3.8, 4) is 0 Å². The molecule has 1 N–H and O–H groups in total. The lowest BCUT2D eigenvalue weighted by Gasteiger charge is -2.45. The lowest BCUT2D eigenvalue weighted by molar-refractivity contribution is -0.142. The Morgan fingerprint density at radius 1 is 1.20 bits per heavy atom. The van der Waals surface area contributed by atoms with E-state index in [4.69, 9.17) is 0 Å². The van der Waals surface area contributed by atoms with Gasteiger partial charge in [-0.15, -0.1) is 0 Å². The molecule has 6 nitrogen and oxygen atoms in total. The van der Waals surface area contributed by atoms with Crippen LogP contribution in [-0.4, -0.2) is 59.7 Å². The molecule has 1 aromatic carbocycles. The Morgan fingerprint density at radius 2 is 1.96 bits per heavy atom. The Kier molecular flexibility index (Phi) is 5.06. The summed E-state index contributed by atoms with van der Waals surface area (Å²) in [7, 11) is 1.58. The zero-order chi connectivity index (χ0) is 17.9. The predicted octanol–water partition coefficient (Wildman–Crippen LogP) is 0.959. The molecule has 1 aromatic rings. The van der Waals surface area contributed by atoms with Gasteiger partial charge in [0.2, 0.25) is 17.7 Å². The van der Waals surface area contributed by atoms with Gasteiger partial charge in [0.05, 0.1) is 12.0 Å². The predicted molar refractivity (Wildman–Crippen MR) is 93.7 cm³/mol. The molecule has 25 heavy (non-hydrogen) atoms. The Labute approximate surface area is 148 Å². The highest BCUT2D eigenvalue weighted by molar-refractivity contribution is 5.87. The number of likely N-dealkylation sites (tertiary alicyclic amines) is 2. The van der Waals surface area contributed by atoms with Gasteiger partial charge in [-0.2, -0.15) is 0 Å². The van der Waals surface area contributed by atoms with Crippen molar-refractivity contribution in [2.75, 3.05) is 26.7 Å². The summed E-state index contributed by atoms with van der Waals surface area (Å²) in [4.78, 5) is 40.4. The quantitative estimate of drug-likeness (QED) is 0.885. The van der Waals surface area contributed by atoms with E-state index < -0.39 is 0 Å². The molecule has 0 aromatic heterocycles. The summed E-state index contributed by atoms with van der Waals surface area (Å²) in [6, 6.07) is 9.70. The van der Waals surface area contributed by atoms with E-state index in [1.165, 1.54) is 0 Å². The molecule has 1 atom stereocenters. The van der Waals surface area contributed by atoms with Crippen molar-refractivity contribution in [3.63, 3.8) is 0 Å². The van der Waals surface area contributed by atoms with Crippen LogP contribution >= 0.6 is 0 Å². The van der Waals surface area contributed by atoms with Gasteiger partial charge < -0.3 is 15.1 Å². The van der Waals surface area contributed by atoms with Gasteiger partial charge in [-0.3, -0.25) is 14.4 Å². The Hall–Kier alpha value is -2.37. The van der Waals surface area contributed by atoms with Gasteiger partial charge in [-0.05, 0) is 24.8 Å². The number of hydrogen-bond donors (Lipinski definition) is 1. The van der Waals surface area contributed by atoms with E-state index in [9.17, 15) is 14.4 Å². The first-order valence-electron chi connectivity index (χ1n) is 8.87. The van der Waals surface area contributed by atoms with E-state index in [0.717, 1.165) is 31.4 Å². The third-order valence-electron chi connectivity index (χ3n) is 5.36. The molecule has 0 radical (unpaired) electrons. The van der Waals surface area contributed by atoms with Crippen LogP contribution in [0, 0.1) is 0 Å². The highest BCUT2D eigenvalue weighted by Crippen LogP contribution is 2.37. The van der Waals surface area contributed by atoms with E-state index in [1.54, 1.807) is 11.9 Å². The zero-order valence-electron chi connectivity index (χ0n) is 14.7. The SMILES string of the molecule is CNC(=O)CN1C(=O)CCC12CCCN(C(=O)Cc1ccccc1)C2. The van der Waals surface area contributed by atoms with Gasteiger partial charge in [0, 0.05) is 26.6 Å². The second-order valence-corrected chi connectivity index (χ2v) is 6.96. The molecular formula is C19H25N3O3. The number of rotatable bonds is 4. The minimum absolute atomic E-state index is 0.0148. The van der Waals surface area contributed by atoms with Crippen molar-refractivity contribution in [1.82, 2.24) is 15.1 Å². The monoisotopic (exact) mass is 343 g/mol. The van der Waals surface area contributed by atoms with E-state index in [2.05, 4.69) is 5.32 Å². The van der Waals surface area contributed by atoms with Crippen LogP contribution in [0.2, 0.25) is 0 Å². The minimum atomic E-state index is -0.381. The summed E-state index contributed by atoms with van der Waals surface area (Å²) in [6.07, 6.45) is 3.26. The summed E-state index contributed by atoms with van der Waals surface area (Å²) in [5.74, 6) is -0.0622. The molecule has 2 aliphatic rings. The third kappa shape index (κ3) is 3.67. The zero-order valence-corrected chi connectivity index (χ0v) is 14.7. The standard InChI is InChI=1S/C19H25N3O3/c1-20-16(23)13-22-17(24)8-10-19(22)9-5-11-21(14-19)18(25)12-15-6-3-2-4-7-15/h2-4,6-7H,5,8-14H2,1H3,(H,20,23). The fraction of sp³-hybridized carbons (Fsp3) is 0.526. The Bertz CT molecular complexity index is 661. The number of piperidine rings is 1. The maximum Gasteiger partial charge on any atom is 0.239 e. The number of carbonyl (C=O) groups is 3. The number of hydrogen-bond acceptors (Lipinski definition) is 3. The first-order chi connectivity index (χ1) is 12.0. The molecule has 6 heteroatoms. The van der Waals surface area contributed by atoms with Gasteiger partial charge in [-0.25, -0.2) is 0 Å². The fourth-order valence-corrected chi connectivity index (χ4v) is 3.98. The second kappa shape index (κ2) is 7.25. The molecule has 2 saturated heterocycles. The molecular weight excluding hydrogens is 318 g/mol. The van der Waals surface area contributed by atoms with E-state index in [0.29, 0.717) is 19.4 Å². The number of nitrogens with one attached hydrogen (secondary N) is 1. The van der Waals surface area contributed by atoms with Gasteiger partial charge in [0.1, 0.15) is 6.54 Å². The molecule has 0 bridgehead atoms. The lowest BCUT2D eigenvalue weighted by Crippen LogP contribution is -2.59. The number of amides is 3. The molecule has 2 heterocycles. The number of likely N-dealkylation sites (N-methyl/N-ethyl adjacent to an activating group) is 1. The summed E-state index contributed by atoms with van der Waals surface area (Å²) in [6.45, 7) is 1.33. The first-order valence-corrected chi connectivity index (χ1v) is 8.87. The normalized spacial score (nSPS) is 23.2. The minimum Gasteiger partial charge on any atom is -0.358 e. The van der Waals surface area contributed by atoms with Crippen LogP contribution in [0.5, 0.6) is 0 Å². The number of benzene rings is 1. The molecule has 3 rings (SSSR count). The lowest BCUT2D eigenvalue weighted by atomic mass is 9.86. The van der Waals surface area contributed by atoms with Crippen molar-refractivity contribution in [3.05, 3.63) is 35.9 Å². The van der Waals surface area contributed by atoms with Gasteiger partial charge >= 0.3 is 0 Å². The van der Waals surface area contributed by atoms with Crippen LogP contribution in [0.1, 0.15) is 31.2 Å². The summed E-state index contributed by atoms with van der Waals surface area (Å²) in [5, 5.41) is 2.59. The van der Waals surface area contributed by atoms with Gasteiger partial charge in [0.15, 0.2) is 0 Å². The van der Waals surface area contributed by atoms with Crippen molar-refractivity contribution < 1.29 is 14.4 Å². The van der Waals surface area contributed by atoms with Crippen molar-refractivity contribution in [2.45, 2.75) is 37.6 Å². The average molecular weight is 343 g/mol. The highest BCUT2D eigenvalue weighted by atomic mass is 16.2. The van der Waals surface area contributed by atoms with Crippen LogP contribution in [-0.2, 0) is 20.8 Å². The Balaban J connectivity index is 1.72. The summed E-state index contributed by atoms with van der Waals surface area (Å²) in [5.41, 5.74) is 0.616. The van der Waals surface area contributed by atoms with E-state index in [1.807, 2.05) is 35.2 Å². The smallest absolute Gasteiger partial charge is 0.239 e. The molecule has 0 aliphatic carbocycles. The highest BCUT2D eigenvalue weighted by Gasteiger charge is 2.48. The molecule has 0 saturated carbocycles. The maximum atomic E-state index is 12.7. The van der Waals surface area contributed by atoms with Gasteiger partial charge in [-0.1, -0.05) is 30.3 Å². The largest absolute Gasteiger partial charge is 0.358 e. The Morgan fingerprint density at radius 3 is 2.68 bits per heavy atom. The fourth-order valence-electron chi connectivity index (χ4n) is 3.98. The topological polar surface area (TPSA) is 69.7 Å². The average Bonchev–Trinajstić information content (AvgIpc) is 2.92. The van der Waals surface area contributed by atoms with Crippen LogP contribution in [0.25, 0.3) is 0 Å². The number of carbonyl (C=O) groups excluding carboxylic acids is 3. The second-order valence-electron chi connectivity index (χ2n) is 6.96. The molecule has 2 aliphatic heterocycles. The van der Waals surface area contributed by atoms with Crippen LogP contribution < -0.4 is 5.32 Å². The molecule has 1 unspecified atom stereocenters. The van der Waals surface area contributed by atoms with Crippen molar-refractivity contribution >= 4 is 17.7 Å². The van der Waals surface area contributed by atoms with E-state index >= 15 is 0 Å². The van der Waals surface area contributed by atoms with Crippen molar-refractivity contribution in [2.24, 2.45) is 0 Å². The van der Waals surface area contributed by atoms with Crippen molar-refractivity contribution in [1.29, 1.82) is 0 Å². The molecule has 2 fully saturated rings. The summed E-state index contributed by atoms with van der Waals surface area (Å²) < 4.78 is 0. The number of nitrogens with zero attached hydrogens (tertiary/aromatic N) is 2. The third-order valence-corrected chi connectivity index (χ3v) is 5.36. The maximum absolute atomic E-state index is 12.7. The molecule has 1 spiro atoms. The van der Waals surface area contributed by atoms with Crippen LogP contribution in [0.3, 0.4) is 0 Å². The van der Waals surface area contributed by atoms with E-state index in [-0.39, 0.29) is 29.8 Å². The summed E-state index contributed by atoms with van der Waals surface area (Å²) >= 11 is 0. The van der Waals surface area contributed by atoms with Gasteiger partial charge in [0.25, 0.3) is 0 Å². The first kappa shape index (κ1) is 17.5. The molecule has 3 amide bonds. The van der Waals surface area contributed by atoms with Crippen LogP contribution in [0.15, 0.2) is 30.3 Å². The molecule has 134 valence electrons.